The summed E-state index contributed by atoms with van der Waals surface area (Å²) in [7, 11) is 0. The Bertz CT molecular complexity index is 958. The van der Waals surface area contributed by atoms with Gasteiger partial charge in [0.15, 0.2) is 0 Å². The lowest BCUT2D eigenvalue weighted by atomic mass is 10.00. The number of ketones is 1. The smallest absolute Gasteiger partial charge is 0.272 e. The van der Waals surface area contributed by atoms with Crippen molar-refractivity contribution in [3.05, 3.63) is 82.8 Å². The molecule has 0 N–H and O–H groups in total. The molecule has 0 atom stereocenters. The van der Waals surface area contributed by atoms with E-state index in [4.69, 9.17) is 0 Å². The molecule has 0 unspecified atom stereocenters. The molecule has 3 aromatic rings. The highest BCUT2D eigenvalue weighted by molar-refractivity contribution is 6.52. The van der Waals surface area contributed by atoms with Crippen molar-refractivity contribution in [2.24, 2.45) is 0 Å². The average molecular weight is 291 g/mol. The van der Waals surface area contributed by atoms with Crippen molar-refractivity contribution in [1.82, 2.24) is 0 Å². The molecular weight excluding hydrogens is 281 g/mol. The third-order valence-electron chi connectivity index (χ3n) is 3.86. The molecule has 1 aliphatic heterocycles. The van der Waals surface area contributed by atoms with Crippen molar-refractivity contribution in [2.75, 3.05) is 0 Å². The van der Waals surface area contributed by atoms with E-state index < -0.39 is 5.82 Å². The highest BCUT2D eigenvalue weighted by Crippen LogP contribution is 2.32. The van der Waals surface area contributed by atoms with Crippen LogP contribution in [0.15, 0.2) is 60.7 Å². The number of halogens is 1. The minimum Gasteiger partial charge on any atom is -0.618 e. The fourth-order valence-corrected chi connectivity index (χ4v) is 2.77. The Hall–Kier alpha value is -3.01. The topological polar surface area (TPSA) is 43.1 Å². The van der Waals surface area contributed by atoms with E-state index in [1.807, 2.05) is 24.3 Å². The summed E-state index contributed by atoms with van der Waals surface area (Å²) in [6, 6.07) is 16.4. The minimum atomic E-state index is -0.407. The molecule has 3 nitrogen and oxygen atoms in total. The van der Waals surface area contributed by atoms with E-state index in [0.717, 1.165) is 10.8 Å². The van der Waals surface area contributed by atoms with Crippen LogP contribution in [-0.2, 0) is 0 Å². The minimum absolute atomic E-state index is 0.0327. The Balaban J connectivity index is 1.94. The van der Waals surface area contributed by atoms with Gasteiger partial charge in [0.1, 0.15) is 11.4 Å². The molecule has 0 radical (unpaired) electrons. The van der Waals surface area contributed by atoms with Crippen molar-refractivity contribution < 1.29 is 13.9 Å². The first-order valence-electron chi connectivity index (χ1n) is 6.83. The lowest BCUT2D eigenvalue weighted by Gasteiger charge is -2.03. The largest absolute Gasteiger partial charge is 0.618 e. The molecule has 0 saturated carbocycles. The second-order valence-corrected chi connectivity index (χ2v) is 5.20. The van der Waals surface area contributed by atoms with Crippen molar-refractivity contribution in [3.63, 3.8) is 0 Å². The van der Waals surface area contributed by atoms with Gasteiger partial charge in [0.05, 0.1) is 5.56 Å². The van der Waals surface area contributed by atoms with Crippen molar-refractivity contribution >= 4 is 28.0 Å². The lowest BCUT2D eigenvalue weighted by molar-refractivity contribution is -0.355. The summed E-state index contributed by atoms with van der Waals surface area (Å²) >= 11 is 0. The van der Waals surface area contributed by atoms with Crippen LogP contribution in [-0.4, -0.2) is 16.2 Å². The number of nitrogens with zero attached hydrogens (tertiary/aromatic N) is 1. The number of carbonyl (C=O) groups excluding carboxylic acids is 1. The first kappa shape index (κ1) is 12.7. The molecule has 0 fully saturated rings. The molecule has 0 saturated heterocycles. The highest BCUT2D eigenvalue weighted by Gasteiger charge is 2.36. The highest BCUT2D eigenvalue weighted by atomic mass is 19.1. The van der Waals surface area contributed by atoms with Crippen LogP contribution in [0, 0.1) is 11.0 Å². The predicted molar refractivity (Wildman–Crippen MR) is 82.1 cm³/mol. The Morgan fingerprint density at radius 1 is 0.909 bits per heavy atom. The number of rotatable bonds is 1. The van der Waals surface area contributed by atoms with Gasteiger partial charge < -0.3 is 5.21 Å². The molecule has 106 valence electrons. The summed E-state index contributed by atoms with van der Waals surface area (Å²) in [6.07, 6.45) is 0. The van der Waals surface area contributed by atoms with E-state index >= 15 is 0 Å². The van der Waals surface area contributed by atoms with E-state index in [9.17, 15) is 14.4 Å². The van der Waals surface area contributed by atoms with Crippen LogP contribution in [0.4, 0.5) is 10.1 Å². The predicted octanol–water partition coefficient (Wildman–Crippen LogP) is 3.81. The molecule has 0 spiro atoms. The molecule has 22 heavy (non-hydrogen) atoms. The zero-order valence-electron chi connectivity index (χ0n) is 11.4. The number of hydrogen-bond donors (Lipinski definition) is 0. The Kier molecular flexibility index (Phi) is 2.60. The summed E-state index contributed by atoms with van der Waals surface area (Å²) in [5.74, 6) is -0.738. The van der Waals surface area contributed by atoms with E-state index in [0.29, 0.717) is 21.6 Å². The van der Waals surface area contributed by atoms with Gasteiger partial charge in [-0.1, -0.05) is 24.3 Å². The van der Waals surface area contributed by atoms with Crippen LogP contribution >= 0.6 is 0 Å². The van der Waals surface area contributed by atoms with Gasteiger partial charge in [-0.3, -0.25) is 4.79 Å². The summed E-state index contributed by atoms with van der Waals surface area (Å²) in [4.78, 5) is 12.6. The quantitative estimate of drug-likeness (QED) is 0.505. The van der Waals surface area contributed by atoms with Gasteiger partial charge in [-0.05, 0) is 41.1 Å². The third kappa shape index (κ3) is 1.74. The van der Waals surface area contributed by atoms with E-state index in [1.165, 1.54) is 24.3 Å². The molecule has 0 aliphatic carbocycles. The molecule has 0 bridgehead atoms. The van der Waals surface area contributed by atoms with Gasteiger partial charge in [-0.25, -0.2) is 4.39 Å². The van der Waals surface area contributed by atoms with Gasteiger partial charge >= 0.3 is 0 Å². The average Bonchev–Trinajstić information content (AvgIpc) is 2.78. The summed E-state index contributed by atoms with van der Waals surface area (Å²) < 4.78 is 13.7. The Labute approximate surface area is 125 Å². The first-order valence-corrected chi connectivity index (χ1v) is 6.83. The van der Waals surface area contributed by atoms with E-state index in [2.05, 4.69) is 0 Å². The van der Waals surface area contributed by atoms with Gasteiger partial charge in [0.25, 0.3) is 11.5 Å². The van der Waals surface area contributed by atoms with Gasteiger partial charge in [0.2, 0.25) is 5.69 Å². The van der Waals surface area contributed by atoms with Gasteiger partial charge in [0, 0.05) is 6.07 Å². The van der Waals surface area contributed by atoms with Crippen LogP contribution in [0.5, 0.6) is 0 Å². The van der Waals surface area contributed by atoms with Crippen LogP contribution in [0.1, 0.15) is 15.9 Å². The molecule has 1 heterocycles. The zero-order valence-corrected chi connectivity index (χ0v) is 11.4. The summed E-state index contributed by atoms with van der Waals surface area (Å²) in [6.45, 7) is 0. The maximum Gasteiger partial charge on any atom is 0.272 e. The van der Waals surface area contributed by atoms with Gasteiger partial charge in [-0.2, -0.15) is 4.74 Å². The fraction of sp³-hybridized carbons (Fsp3) is 0. The van der Waals surface area contributed by atoms with Crippen molar-refractivity contribution in [3.8, 4) is 0 Å². The fourth-order valence-electron chi connectivity index (χ4n) is 2.77. The molecule has 1 aliphatic rings. The lowest BCUT2D eigenvalue weighted by Crippen LogP contribution is -2.16. The van der Waals surface area contributed by atoms with E-state index in [-0.39, 0.29) is 11.5 Å². The van der Waals surface area contributed by atoms with Crippen LogP contribution in [0.2, 0.25) is 0 Å². The van der Waals surface area contributed by atoms with E-state index in [1.54, 1.807) is 12.1 Å². The number of benzene rings is 3. The number of hydrogen-bond acceptors (Lipinski definition) is 2. The molecule has 4 rings (SSSR count). The maximum atomic E-state index is 13.0. The van der Waals surface area contributed by atoms with Crippen LogP contribution in [0.25, 0.3) is 10.8 Å². The van der Waals surface area contributed by atoms with Crippen molar-refractivity contribution in [1.29, 1.82) is 0 Å². The molecular formula is C18H10FNO2. The first-order chi connectivity index (χ1) is 10.6. The molecule has 0 aromatic heterocycles. The molecule has 3 aromatic carbocycles. The third-order valence-corrected chi connectivity index (χ3v) is 3.86. The van der Waals surface area contributed by atoms with Crippen LogP contribution < -0.4 is 0 Å². The second-order valence-electron chi connectivity index (χ2n) is 5.20. The van der Waals surface area contributed by atoms with Crippen LogP contribution in [0.3, 0.4) is 0 Å². The zero-order chi connectivity index (χ0) is 15.3. The number of Topliss-reactive ketones (excluding diaryl/α,β-unsaturated/α-hetero) is 1. The van der Waals surface area contributed by atoms with Gasteiger partial charge in [-0.15, -0.1) is 0 Å². The SMILES string of the molecule is O=C1C(c2ccc(F)cc2)=[N+]([O-])c2cc3ccccc3cc21. The molecule has 4 heteroatoms. The molecule has 0 amide bonds. The normalized spacial score (nSPS) is 13.8. The summed E-state index contributed by atoms with van der Waals surface area (Å²) in [5.41, 5.74) is 1.17. The Morgan fingerprint density at radius 3 is 2.23 bits per heavy atom. The number of carbonyl (C=O) groups is 1. The van der Waals surface area contributed by atoms with Crippen molar-refractivity contribution in [2.45, 2.75) is 0 Å². The summed E-state index contributed by atoms with van der Waals surface area (Å²) in [5, 5.41) is 14.3. The standard InChI is InChI=1S/C18H10FNO2/c19-14-7-5-11(6-8-14)17-18(21)15-9-12-3-1-2-4-13(12)10-16(15)20(17)22/h1-10H. The maximum absolute atomic E-state index is 13.0. The number of fused-ring (bicyclic) bond motifs is 2. The Morgan fingerprint density at radius 2 is 1.55 bits per heavy atom. The monoisotopic (exact) mass is 291 g/mol. The second kappa shape index (κ2) is 4.49.